The second-order valence-corrected chi connectivity index (χ2v) is 8.35. The number of benzene rings is 2. The molecule has 27 heavy (non-hydrogen) atoms. The summed E-state index contributed by atoms with van der Waals surface area (Å²) in [5, 5.41) is 5.31. The van der Waals surface area contributed by atoms with Crippen LogP contribution in [0.5, 0.6) is 5.75 Å². The maximum absolute atomic E-state index is 12.2. The first-order valence-electron chi connectivity index (χ1n) is 8.67. The van der Waals surface area contributed by atoms with E-state index in [2.05, 4.69) is 40.1 Å². The molecule has 1 aromatic heterocycles. The van der Waals surface area contributed by atoms with Gasteiger partial charge >= 0.3 is 0 Å². The van der Waals surface area contributed by atoms with E-state index < -0.39 is 0 Å². The van der Waals surface area contributed by atoms with Crippen molar-refractivity contribution in [3.8, 4) is 17.0 Å². The van der Waals surface area contributed by atoms with Crippen LogP contribution in [0.25, 0.3) is 11.3 Å². The van der Waals surface area contributed by atoms with Gasteiger partial charge in [-0.1, -0.05) is 59.6 Å². The van der Waals surface area contributed by atoms with E-state index in [-0.39, 0.29) is 12.5 Å². The summed E-state index contributed by atoms with van der Waals surface area (Å²) in [6.07, 6.45) is 0. The smallest absolute Gasteiger partial charge is 0.264 e. The Morgan fingerprint density at radius 1 is 1.22 bits per heavy atom. The van der Waals surface area contributed by atoms with Crippen LogP contribution in [0.4, 0.5) is 5.13 Å². The molecule has 6 heteroatoms. The molecule has 0 spiro atoms. The number of rotatable bonds is 6. The number of anilines is 1. The van der Waals surface area contributed by atoms with Gasteiger partial charge in [-0.15, -0.1) is 11.3 Å². The number of hydrogen-bond acceptors (Lipinski definition) is 4. The van der Waals surface area contributed by atoms with Gasteiger partial charge in [-0.25, -0.2) is 4.98 Å². The zero-order valence-corrected chi connectivity index (χ0v) is 17.9. The number of ether oxygens (including phenoxy) is 1. The molecule has 1 N–H and O–H groups in total. The molecule has 0 unspecified atom stereocenters. The Hall–Kier alpha value is -2.18. The molecular weight excluding hydrogens is 424 g/mol. The van der Waals surface area contributed by atoms with Crippen molar-refractivity contribution in [3.63, 3.8) is 0 Å². The van der Waals surface area contributed by atoms with Gasteiger partial charge in [-0.3, -0.25) is 10.1 Å². The molecule has 0 radical (unpaired) electrons. The molecular formula is C21H21BrN2O2S. The highest BCUT2D eigenvalue weighted by molar-refractivity contribution is 9.10. The number of nitrogens with zero attached hydrogens (tertiary/aromatic N) is 1. The van der Waals surface area contributed by atoms with Gasteiger partial charge in [0.15, 0.2) is 11.7 Å². The SMILES string of the molecule is Cc1ccc(-c2csc(NC(=O)COc3ccc(Br)cc3C(C)C)n2)cc1. The van der Waals surface area contributed by atoms with Crippen molar-refractivity contribution < 1.29 is 9.53 Å². The molecule has 0 aliphatic heterocycles. The topological polar surface area (TPSA) is 51.2 Å². The fraction of sp³-hybridized carbons (Fsp3) is 0.238. The molecule has 1 amide bonds. The largest absolute Gasteiger partial charge is 0.483 e. The summed E-state index contributed by atoms with van der Waals surface area (Å²) in [5.74, 6) is 0.803. The summed E-state index contributed by atoms with van der Waals surface area (Å²) in [7, 11) is 0. The minimum atomic E-state index is -0.225. The molecule has 0 saturated heterocycles. The molecule has 3 rings (SSSR count). The Labute approximate surface area is 171 Å². The van der Waals surface area contributed by atoms with Gasteiger partial charge in [0.2, 0.25) is 0 Å². The first kappa shape index (κ1) is 19.6. The predicted molar refractivity (Wildman–Crippen MR) is 115 cm³/mol. The monoisotopic (exact) mass is 444 g/mol. The van der Waals surface area contributed by atoms with Crippen molar-refractivity contribution >= 4 is 38.3 Å². The number of halogens is 1. The number of aryl methyl sites for hydroxylation is 1. The molecule has 4 nitrogen and oxygen atoms in total. The Morgan fingerprint density at radius 3 is 2.67 bits per heavy atom. The van der Waals surface area contributed by atoms with E-state index in [1.165, 1.54) is 16.9 Å². The Kier molecular flexibility index (Phi) is 6.29. The lowest BCUT2D eigenvalue weighted by Crippen LogP contribution is -2.20. The maximum Gasteiger partial charge on any atom is 0.264 e. The van der Waals surface area contributed by atoms with Crippen molar-refractivity contribution in [3.05, 3.63) is 63.4 Å². The number of hydrogen-bond donors (Lipinski definition) is 1. The number of thiazole rings is 1. The van der Waals surface area contributed by atoms with Crippen LogP contribution in [-0.4, -0.2) is 17.5 Å². The molecule has 0 aliphatic carbocycles. The Balaban J connectivity index is 1.61. The molecule has 3 aromatic rings. The lowest BCUT2D eigenvalue weighted by Gasteiger charge is -2.14. The van der Waals surface area contributed by atoms with Crippen molar-refractivity contribution in [2.24, 2.45) is 0 Å². The number of nitrogens with one attached hydrogen (secondary N) is 1. The minimum absolute atomic E-state index is 0.0548. The van der Waals surface area contributed by atoms with Crippen LogP contribution in [0.15, 0.2) is 52.3 Å². The van der Waals surface area contributed by atoms with Crippen molar-refractivity contribution in [2.75, 3.05) is 11.9 Å². The molecule has 0 saturated carbocycles. The second kappa shape index (κ2) is 8.67. The third kappa shape index (κ3) is 5.17. The molecule has 0 aliphatic rings. The second-order valence-electron chi connectivity index (χ2n) is 6.58. The maximum atomic E-state index is 12.2. The highest BCUT2D eigenvalue weighted by Gasteiger charge is 2.12. The minimum Gasteiger partial charge on any atom is -0.483 e. The number of amides is 1. The van der Waals surface area contributed by atoms with Crippen LogP contribution in [0.1, 0.15) is 30.9 Å². The number of carbonyl (C=O) groups is 1. The van der Waals surface area contributed by atoms with E-state index in [1.807, 2.05) is 54.8 Å². The summed E-state index contributed by atoms with van der Waals surface area (Å²) in [5.41, 5.74) is 4.15. The van der Waals surface area contributed by atoms with Gasteiger partial charge in [0.25, 0.3) is 5.91 Å². The van der Waals surface area contributed by atoms with E-state index in [4.69, 9.17) is 4.74 Å². The van der Waals surface area contributed by atoms with Gasteiger partial charge in [0, 0.05) is 15.4 Å². The van der Waals surface area contributed by atoms with Crippen LogP contribution >= 0.6 is 27.3 Å². The van der Waals surface area contributed by atoms with Gasteiger partial charge in [-0.05, 0) is 36.6 Å². The normalized spacial score (nSPS) is 10.9. The van der Waals surface area contributed by atoms with Crippen LogP contribution in [0.2, 0.25) is 0 Å². The standard InChI is InChI=1S/C21H21BrN2O2S/c1-13(2)17-10-16(22)8-9-19(17)26-11-20(25)24-21-23-18(12-27-21)15-6-4-14(3)5-7-15/h4-10,12-13H,11H2,1-3H3,(H,23,24,25). The van der Waals surface area contributed by atoms with E-state index in [9.17, 15) is 4.79 Å². The molecule has 140 valence electrons. The summed E-state index contributed by atoms with van der Waals surface area (Å²) in [6.45, 7) is 6.18. The van der Waals surface area contributed by atoms with Crippen molar-refractivity contribution in [1.29, 1.82) is 0 Å². The molecule has 0 bridgehead atoms. The highest BCUT2D eigenvalue weighted by atomic mass is 79.9. The average Bonchev–Trinajstić information content (AvgIpc) is 3.09. The zero-order chi connectivity index (χ0) is 19.4. The molecule has 0 fully saturated rings. The predicted octanol–water partition coefficient (Wildman–Crippen LogP) is 6.02. The molecule has 0 atom stereocenters. The first-order valence-corrected chi connectivity index (χ1v) is 10.3. The lowest BCUT2D eigenvalue weighted by atomic mass is 10.0. The van der Waals surface area contributed by atoms with E-state index >= 15 is 0 Å². The summed E-state index contributed by atoms with van der Waals surface area (Å²) < 4.78 is 6.73. The van der Waals surface area contributed by atoms with Crippen LogP contribution in [0, 0.1) is 6.92 Å². The van der Waals surface area contributed by atoms with Gasteiger partial charge in [0.1, 0.15) is 5.75 Å². The third-order valence-corrected chi connectivity index (χ3v) is 5.30. The van der Waals surface area contributed by atoms with Crippen LogP contribution < -0.4 is 10.1 Å². The first-order chi connectivity index (χ1) is 12.9. The fourth-order valence-electron chi connectivity index (χ4n) is 2.59. The van der Waals surface area contributed by atoms with Crippen molar-refractivity contribution in [2.45, 2.75) is 26.7 Å². The summed E-state index contributed by atoms with van der Waals surface area (Å²) in [6, 6.07) is 14.0. The summed E-state index contributed by atoms with van der Waals surface area (Å²) >= 11 is 4.88. The lowest BCUT2D eigenvalue weighted by molar-refractivity contribution is -0.118. The third-order valence-electron chi connectivity index (χ3n) is 4.05. The summed E-state index contributed by atoms with van der Waals surface area (Å²) in [4.78, 5) is 16.7. The van der Waals surface area contributed by atoms with Gasteiger partial charge in [0.05, 0.1) is 5.69 Å². The highest BCUT2D eigenvalue weighted by Crippen LogP contribution is 2.30. The van der Waals surface area contributed by atoms with E-state index in [1.54, 1.807) is 0 Å². The van der Waals surface area contributed by atoms with Crippen molar-refractivity contribution in [1.82, 2.24) is 4.98 Å². The number of carbonyl (C=O) groups excluding carboxylic acids is 1. The van der Waals surface area contributed by atoms with E-state index in [0.29, 0.717) is 11.0 Å². The Morgan fingerprint density at radius 2 is 1.96 bits per heavy atom. The van der Waals surface area contributed by atoms with Crippen LogP contribution in [0.3, 0.4) is 0 Å². The van der Waals surface area contributed by atoms with Gasteiger partial charge in [-0.2, -0.15) is 0 Å². The average molecular weight is 445 g/mol. The fourth-order valence-corrected chi connectivity index (χ4v) is 3.70. The molecule has 2 aromatic carbocycles. The Bertz CT molecular complexity index is 936. The van der Waals surface area contributed by atoms with Crippen LogP contribution in [-0.2, 0) is 4.79 Å². The van der Waals surface area contributed by atoms with Gasteiger partial charge < -0.3 is 4.74 Å². The molecule has 1 heterocycles. The number of aromatic nitrogens is 1. The zero-order valence-electron chi connectivity index (χ0n) is 15.5. The quantitative estimate of drug-likeness (QED) is 0.505. The van der Waals surface area contributed by atoms with E-state index in [0.717, 1.165) is 27.0 Å².